The molecule has 1 aliphatic carbocycles. The van der Waals surface area contributed by atoms with Crippen LogP contribution in [-0.4, -0.2) is 47.9 Å². The molecule has 1 unspecified atom stereocenters. The Morgan fingerprint density at radius 2 is 1.84 bits per heavy atom. The van der Waals surface area contributed by atoms with Gasteiger partial charge in [-0.05, 0) is 62.1 Å². The molecule has 1 amide bonds. The van der Waals surface area contributed by atoms with Gasteiger partial charge in [0.05, 0.1) is 24.0 Å². The van der Waals surface area contributed by atoms with Crippen molar-refractivity contribution < 1.29 is 13.9 Å². The molecule has 1 atom stereocenters. The number of likely N-dealkylation sites (tertiary alicyclic amines) is 1. The van der Waals surface area contributed by atoms with Gasteiger partial charge < -0.3 is 20.3 Å². The van der Waals surface area contributed by atoms with E-state index in [9.17, 15) is 9.18 Å². The summed E-state index contributed by atoms with van der Waals surface area (Å²) in [6, 6.07) is 14.2. The zero-order valence-corrected chi connectivity index (χ0v) is 18.1. The van der Waals surface area contributed by atoms with Crippen molar-refractivity contribution in [2.24, 2.45) is 4.99 Å². The number of rotatable bonds is 4. The van der Waals surface area contributed by atoms with Gasteiger partial charge in [-0.1, -0.05) is 25.0 Å². The van der Waals surface area contributed by atoms with Crippen molar-refractivity contribution >= 4 is 23.1 Å². The molecule has 5 rings (SSSR count). The molecule has 168 valence electrons. The Hall–Kier alpha value is -3.09. The number of aliphatic imine (C=N–C) groups is 1. The molecule has 2 aliphatic heterocycles. The first kappa shape index (κ1) is 20.8. The number of amidine groups is 1. The molecule has 32 heavy (non-hydrogen) atoms. The predicted molar refractivity (Wildman–Crippen MR) is 124 cm³/mol. The van der Waals surface area contributed by atoms with Crippen LogP contribution in [0.25, 0.3) is 0 Å². The number of carbonyl (C=O) groups excluding carboxylic acids is 1. The Morgan fingerprint density at radius 3 is 2.62 bits per heavy atom. The fourth-order valence-electron chi connectivity index (χ4n) is 4.97. The first-order valence-corrected chi connectivity index (χ1v) is 11.5. The van der Waals surface area contributed by atoms with Crippen molar-refractivity contribution in [3.05, 3.63) is 54.3 Å². The molecule has 2 fully saturated rings. The third-order valence-corrected chi connectivity index (χ3v) is 6.66. The number of anilines is 2. The lowest BCUT2D eigenvalue weighted by Crippen LogP contribution is -2.63. The van der Waals surface area contributed by atoms with Crippen molar-refractivity contribution in [3.8, 4) is 5.75 Å². The van der Waals surface area contributed by atoms with Crippen molar-refractivity contribution in [2.45, 2.75) is 50.1 Å². The highest BCUT2D eigenvalue weighted by molar-refractivity contribution is 6.10. The van der Waals surface area contributed by atoms with E-state index in [4.69, 9.17) is 9.73 Å². The van der Waals surface area contributed by atoms with E-state index in [-0.39, 0.29) is 18.3 Å². The minimum atomic E-state index is -0.430. The number of para-hydroxylation sites is 2. The second kappa shape index (κ2) is 8.81. The first-order valence-electron chi connectivity index (χ1n) is 11.5. The van der Waals surface area contributed by atoms with Gasteiger partial charge in [0, 0.05) is 6.54 Å². The van der Waals surface area contributed by atoms with E-state index in [1.54, 1.807) is 0 Å². The van der Waals surface area contributed by atoms with Gasteiger partial charge in [-0.15, -0.1) is 0 Å². The summed E-state index contributed by atoms with van der Waals surface area (Å²) in [5.74, 6) is 1.03. The maximum atomic E-state index is 13.1. The molecule has 0 radical (unpaired) electrons. The minimum Gasteiger partial charge on any atom is -0.484 e. The molecule has 3 aliphatic rings. The van der Waals surface area contributed by atoms with E-state index >= 15 is 0 Å². The predicted octanol–water partition coefficient (Wildman–Crippen LogP) is 4.44. The Morgan fingerprint density at radius 1 is 1.09 bits per heavy atom. The number of benzene rings is 2. The third-order valence-electron chi connectivity index (χ3n) is 6.66. The molecular weight excluding hydrogens is 407 g/mol. The number of nitrogens with one attached hydrogen (secondary N) is 2. The monoisotopic (exact) mass is 436 g/mol. The highest BCUT2D eigenvalue weighted by atomic mass is 19.1. The van der Waals surface area contributed by atoms with Gasteiger partial charge in [-0.2, -0.15) is 0 Å². The van der Waals surface area contributed by atoms with Crippen LogP contribution in [0.4, 0.5) is 15.8 Å². The van der Waals surface area contributed by atoms with Crippen LogP contribution in [0.15, 0.2) is 53.5 Å². The average molecular weight is 437 g/mol. The smallest absolute Gasteiger partial charge is 0.260 e. The van der Waals surface area contributed by atoms with Gasteiger partial charge in [0.25, 0.3) is 5.91 Å². The summed E-state index contributed by atoms with van der Waals surface area (Å²) in [7, 11) is 0. The van der Waals surface area contributed by atoms with E-state index in [0.29, 0.717) is 24.9 Å². The second-order valence-corrected chi connectivity index (χ2v) is 8.96. The van der Waals surface area contributed by atoms with Gasteiger partial charge in [-0.3, -0.25) is 9.79 Å². The quantitative estimate of drug-likeness (QED) is 0.744. The van der Waals surface area contributed by atoms with E-state index in [1.807, 2.05) is 17.0 Å². The van der Waals surface area contributed by atoms with Crippen molar-refractivity contribution in [2.75, 3.05) is 30.3 Å². The maximum absolute atomic E-state index is 13.1. The minimum absolute atomic E-state index is 0.0686. The molecule has 0 bridgehead atoms. The van der Waals surface area contributed by atoms with Crippen LogP contribution >= 0.6 is 0 Å². The van der Waals surface area contributed by atoms with E-state index in [1.165, 1.54) is 37.1 Å². The number of fused-ring (bicyclic) bond motifs is 1. The van der Waals surface area contributed by atoms with E-state index < -0.39 is 5.54 Å². The third kappa shape index (κ3) is 4.29. The van der Waals surface area contributed by atoms with Gasteiger partial charge in [0.15, 0.2) is 6.61 Å². The Balaban J connectivity index is 1.35. The number of hydrogen-bond acceptors (Lipinski definition) is 4. The lowest BCUT2D eigenvalue weighted by Gasteiger charge is -2.47. The Bertz CT molecular complexity index is 1000. The Kier molecular flexibility index (Phi) is 5.72. The number of ether oxygens (including phenoxy) is 1. The zero-order chi connectivity index (χ0) is 22.0. The number of halogens is 1. The van der Waals surface area contributed by atoms with Crippen molar-refractivity contribution in [3.63, 3.8) is 0 Å². The molecule has 6 nitrogen and oxygen atoms in total. The molecule has 1 saturated carbocycles. The lowest BCUT2D eigenvalue weighted by atomic mass is 9.85. The maximum Gasteiger partial charge on any atom is 0.260 e. The van der Waals surface area contributed by atoms with Crippen LogP contribution in [0, 0.1) is 5.82 Å². The molecule has 0 aromatic heterocycles. The number of hydrogen-bond donors (Lipinski definition) is 2. The zero-order valence-electron chi connectivity index (χ0n) is 18.1. The molecule has 7 heteroatoms. The van der Waals surface area contributed by atoms with Crippen molar-refractivity contribution in [1.29, 1.82) is 0 Å². The molecular formula is C25H29FN4O2. The molecule has 2 aromatic rings. The SMILES string of the molecule is O=C(COc1ccc(F)cc1)N1CCCC2(C1)Nc1ccccc1NC2=NC1CCCC1. The van der Waals surface area contributed by atoms with Gasteiger partial charge in [0.2, 0.25) is 0 Å². The highest BCUT2D eigenvalue weighted by Gasteiger charge is 2.45. The van der Waals surface area contributed by atoms with E-state index in [2.05, 4.69) is 22.8 Å². The second-order valence-electron chi connectivity index (χ2n) is 8.96. The molecule has 2 aromatic carbocycles. The lowest BCUT2D eigenvalue weighted by molar-refractivity contribution is -0.134. The molecule has 1 spiro atoms. The number of carbonyl (C=O) groups is 1. The van der Waals surface area contributed by atoms with Gasteiger partial charge in [0.1, 0.15) is 22.9 Å². The number of nitrogens with zero attached hydrogens (tertiary/aromatic N) is 2. The van der Waals surface area contributed by atoms with Crippen LogP contribution in [0.1, 0.15) is 38.5 Å². The van der Waals surface area contributed by atoms with Crippen LogP contribution in [0.3, 0.4) is 0 Å². The fraction of sp³-hybridized carbons (Fsp3) is 0.440. The number of piperidine rings is 1. The number of amides is 1. The summed E-state index contributed by atoms with van der Waals surface area (Å²) in [5.41, 5.74) is 1.63. The summed E-state index contributed by atoms with van der Waals surface area (Å²) >= 11 is 0. The van der Waals surface area contributed by atoms with Crippen LogP contribution in [0.2, 0.25) is 0 Å². The topological polar surface area (TPSA) is 66.0 Å². The van der Waals surface area contributed by atoms with Gasteiger partial charge >= 0.3 is 0 Å². The molecule has 2 heterocycles. The average Bonchev–Trinajstić information content (AvgIpc) is 3.32. The van der Waals surface area contributed by atoms with Crippen molar-refractivity contribution in [1.82, 2.24) is 4.90 Å². The summed E-state index contributed by atoms with van der Waals surface area (Å²) < 4.78 is 18.7. The summed E-state index contributed by atoms with van der Waals surface area (Å²) in [5, 5.41) is 7.32. The van der Waals surface area contributed by atoms with Crippen LogP contribution < -0.4 is 15.4 Å². The normalized spacial score (nSPS) is 24.2. The fourth-order valence-corrected chi connectivity index (χ4v) is 4.97. The molecule has 1 saturated heterocycles. The summed E-state index contributed by atoms with van der Waals surface area (Å²) in [6.07, 6.45) is 6.48. The van der Waals surface area contributed by atoms with Crippen LogP contribution in [0.5, 0.6) is 5.75 Å². The molecule has 2 N–H and O–H groups in total. The largest absolute Gasteiger partial charge is 0.484 e. The summed E-state index contributed by atoms with van der Waals surface area (Å²) in [6.45, 7) is 1.15. The first-order chi connectivity index (χ1) is 15.6. The standard InChI is InChI=1S/C25H29FN4O2/c26-18-10-12-20(13-11-18)32-16-23(31)30-15-5-14-25(17-30)24(27-19-6-1-2-7-19)28-21-8-3-4-9-22(21)29-25/h3-4,8-13,19,29H,1-2,5-7,14-17H2,(H,27,28). The summed E-state index contributed by atoms with van der Waals surface area (Å²) in [4.78, 5) is 20.0. The van der Waals surface area contributed by atoms with Crippen LogP contribution in [-0.2, 0) is 4.79 Å². The highest BCUT2D eigenvalue weighted by Crippen LogP contribution is 2.37. The van der Waals surface area contributed by atoms with Gasteiger partial charge in [-0.25, -0.2) is 4.39 Å². The Labute approximate surface area is 187 Å². The van der Waals surface area contributed by atoms with E-state index in [0.717, 1.165) is 42.9 Å².